The molecule has 0 N–H and O–H groups in total. The van der Waals surface area contributed by atoms with E-state index in [0.717, 1.165) is 11.1 Å². The number of rotatable bonds is 2. The van der Waals surface area contributed by atoms with Crippen LogP contribution in [0, 0.1) is 11.7 Å². The number of benzene rings is 1. The van der Waals surface area contributed by atoms with E-state index in [1.54, 1.807) is 12.1 Å². The Balaban J connectivity index is 1.96. The van der Waals surface area contributed by atoms with Crippen LogP contribution < -0.4 is 0 Å². The summed E-state index contributed by atoms with van der Waals surface area (Å²) in [5.74, 6) is -0.571. The van der Waals surface area contributed by atoms with Crippen molar-refractivity contribution < 1.29 is 9.18 Å². The molecule has 2 aliphatic heterocycles. The van der Waals surface area contributed by atoms with Crippen LogP contribution in [0.15, 0.2) is 39.7 Å². The Bertz CT molecular complexity index is 637. The molecule has 1 aromatic rings. The maximum Gasteiger partial charge on any atom is 0.261 e. The van der Waals surface area contributed by atoms with Crippen LogP contribution in [0.5, 0.6) is 0 Å². The third kappa shape index (κ3) is 2.24. The molecular weight excluding hydrogens is 287 g/mol. The second kappa shape index (κ2) is 4.90. The van der Waals surface area contributed by atoms with E-state index >= 15 is 0 Å². The fourth-order valence-electron chi connectivity index (χ4n) is 2.00. The second-order valence-corrected chi connectivity index (χ2v) is 5.24. The number of amides is 1. The van der Waals surface area contributed by atoms with Crippen molar-refractivity contribution in [2.45, 2.75) is 0 Å². The average molecular weight is 295 g/mol. The second-order valence-electron chi connectivity index (χ2n) is 4.08. The molecule has 96 valence electrons. The Kier molecular flexibility index (Phi) is 3.24. The van der Waals surface area contributed by atoms with Gasteiger partial charge in [-0.25, -0.2) is 9.38 Å². The van der Waals surface area contributed by atoms with Crippen LogP contribution in [0.2, 0.25) is 0 Å². The maximum atomic E-state index is 12.9. The van der Waals surface area contributed by atoms with Crippen molar-refractivity contribution in [2.75, 3.05) is 5.88 Å². The molecule has 3 nitrogen and oxygen atoms in total. The average Bonchev–Trinajstić information content (AvgIpc) is 2.84. The van der Waals surface area contributed by atoms with Crippen LogP contribution >= 0.6 is 23.4 Å². The SMILES string of the molecule is O=C1N=C(CCl)N=C2SC=C(c3ccc(F)cc3)C12. The van der Waals surface area contributed by atoms with Gasteiger partial charge in [0, 0.05) is 0 Å². The van der Waals surface area contributed by atoms with Gasteiger partial charge < -0.3 is 0 Å². The first-order chi connectivity index (χ1) is 9.19. The van der Waals surface area contributed by atoms with Crippen molar-refractivity contribution in [2.24, 2.45) is 15.9 Å². The first-order valence-corrected chi connectivity index (χ1v) is 6.99. The minimum absolute atomic E-state index is 0.119. The Hall–Kier alpha value is -1.46. The zero-order valence-electron chi connectivity index (χ0n) is 9.64. The molecule has 19 heavy (non-hydrogen) atoms. The number of aliphatic imine (C=N–C) groups is 2. The highest BCUT2D eigenvalue weighted by Gasteiger charge is 2.36. The van der Waals surface area contributed by atoms with E-state index in [0.29, 0.717) is 10.9 Å². The molecule has 0 bridgehead atoms. The summed E-state index contributed by atoms with van der Waals surface area (Å²) >= 11 is 7.04. The number of carbonyl (C=O) groups is 1. The van der Waals surface area contributed by atoms with E-state index in [1.807, 2.05) is 5.41 Å². The first-order valence-electron chi connectivity index (χ1n) is 5.57. The van der Waals surface area contributed by atoms with Gasteiger partial charge in [-0.15, -0.1) is 11.6 Å². The minimum Gasteiger partial charge on any atom is -0.271 e. The molecule has 1 unspecified atom stereocenters. The van der Waals surface area contributed by atoms with Gasteiger partial charge in [0.2, 0.25) is 0 Å². The number of carbonyl (C=O) groups excluding carboxylic acids is 1. The molecule has 0 aromatic heterocycles. The molecule has 0 spiro atoms. The van der Waals surface area contributed by atoms with Gasteiger partial charge in [0.25, 0.3) is 5.91 Å². The lowest BCUT2D eigenvalue weighted by atomic mass is 9.93. The molecule has 0 saturated carbocycles. The monoisotopic (exact) mass is 294 g/mol. The lowest BCUT2D eigenvalue weighted by Gasteiger charge is -2.16. The predicted molar refractivity (Wildman–Crippen MR) is 76.1 cm³/mol. The molecule has 1 atom stereocenters. The summed E-state index contributed by atoms with van der Waals surface area (Å²) in [7, 11) is 0. The first kappa shape index (κ1) is 12.6. The molecule has 0 saturated heterocycles. The molecule has 0 radical (unpaired) electrons. The van der Waals surface area contributed by atoms with E-state index in [-0.39, 0.29) is 17.6 Å². The van der Waals surface area contributed by atoms with E-state index < -0.39 is 5.92 Å². The molecule has 2 heterocycles. The smallest absolute Gasteiger partial charge is 0.261 e. The van der Waals surface area contributed by atoms with Crippen LogP contribution in [-0.2, 0) is 4.79 Å². The van der Waals surface area contributed by atoms with Gasteiger partial charge in [0.1, 0.15) is 17.6 Å². The van der Waals surface area contributed by atoms with Crippen LogP contribution in [0.1, 0.15) is 5.56 Å². The van der Waals surface area contributed by atoms with Crippen LogP contribution in [0.4, 0.5) is 4.39 Å². The van der Waals surface area contributed by atoms with Gasteiger partial charge in [0.05, 0.1) is 10.9 Å². The van der Waals surface area contributed by atoms with Crippen molar-refractivity contribution in [3.05, 3.63) is 41.1 Å². The summed E-state index contributed by atoms with van der Waals surface area (Å²) in [5.41, 5.74) is 1.62. The van der Waals surface area contributed by atoms with Crippen molar-refractivity contribution in [1.82, 2.24) is 0 Å². The number of thioether (sulfide) groups is 1. The summed E-state index contributed by atoms with van der Waals surface area (Å²) in [6, 6.07) is 6.05. The number of amidine groups is 1. The minimum atomic E-state index is -0.470. The van der Waals surface area contributed by atoms with Crippen molar-refractivity contribution in [3.63, 3.8) is 0 Å². The fourth-order valence-corrected chi connectivity index (χ4v) is 3.16. The zero-order valence-corrected chi connectivity index (χ0v) is 11.2. The molecule has 1 amide bonds. The standard InChI is InChI=1S/C13H8ClFN2OS/c14-5-10-16-12(18)11-9(6-19-13(11)17-10)7-1-3-8(15)4-2-7/h1-4,6,11H,5H2. The number of alkyl halides is 1. The predicted octanol–water partition coefficient (Wildman–Crippen LogP) is 3.11. The number of hydrogen-bond donors (Lipinski definition) is 0. The Morgan fingerprint density at radius 1 is 1.26 bits per heavy atom. The number of halogens is 2. The van der Waals surface area contributed by atoms with E-state index in [4.69, 9.17) is 11.6 Å². The van der Waals surface area contributed by atoms with Crippen molar-refractivity contribution >= 4 is 45.7 Å². The number of nitrogens with zero attached hydrogens (tertiary/aromatic N) is 2. The highest BCUT2D eigenvalue weighted by atomic mass is 35.5. The molecule has 6 heteroatoms. The van der Waals surface area contributed by atoms with E-state index in [1.165, 1.54) is 23.9 Å². The number of fused-ring (bicyclic) bond motifs is 1. The third-order valence-electron chi connectivity index (χ3n) is 2.89. The summed E-state index contributed by atoms with van der Waals surface area (Å²) < 4.78 is 12.9. The fraction of sp³-hybridized carbons (Fsp3) is 0.154. The van der Waals surface area contributed by atoms with E-state index in [9.17, 15) is 9.18 Å². The summed E-state index contributed by atoms with van der Waals surface area (Å²) in [4.78, 5) is 20.2. The normalized spacial score (nSPS) is 21.7. The summed E-state index contributed by atoms with van der Waals surface area (Å²) in [6.45, 7) is 0. The van der Waals surface area contributed by atoms with Crippen molar-refractivity contribution in [1.29, 1.82) is 0 Å². The summed E-state index contributed by atoms with van der Waals surface area (Å²) in [6.07, 6.45) is 0. The molecule has 1 aromatic carbocycles. The summed E-state index contributed by atoms with van der Waals surface area (Å²) in [5, 5.41) is 2.55. The molecule has 3 rings (SSSR count). The van der Waals surface area contributed by atoms with Crippen molar-refractivity contribution in [3.8, 4) is 0 Å². The van der Waals surface area contributed by atoms with Gasteiger partial charge in [-0.05, 0) is 28.7 Å². The molecule has 2 aliphatic rings. The topological polar surface area (TPSA) is 41.8 Å². The van der Waals surface area contributed by atoms with E-state index in [2.05, 4.69) is 9.98 Å². The zero-order chi connectivity index (χ0) is 13.4. The Morgan fingerprint density at radius 2 is 2.00 bits per heavy atom. The molecular formula is C13H8ClFN2OS. The van der Waals surface area contributed by atoms with Crippen LogP contribution in [0.3, 0.4) is 0 Å². The molecule has 0 fully saturated rings. The van der Waals surface area contributed by atoms with Crippen LogP contribution in [-0.4, -0.2) is 22.7 Å². The maximum absolute atomic E-state index is 12.9. The van der Waals surface area contributed by atoms with Gasteiger partial charge in [0.15, 0.2) is 0 Å². The van der Waals surface area contributed by atoms with Gasteiger partial charge in [-0.2, -0.15) is 4.99 Å². The van der Waals surface area contributed by atoms with Gasteiger partial charge >= 0.3 is 0 Å². The van der Waals surface area contributed by atoms with Gasteiger partial charge in [-0.1, -0.05) is 23.9 Å². The van der Waals surface area contributed by atoms with Crippen LogP contribution in [0.25, 0.3) is 5.57 Å². The largest absolute Gasteiger partial charge is 0.271 e. The highest BCUT2D eigenvalue weighted by molar-refractivity contribution is 8.17. The highest BCUT2D eigenvalue weighted by Crippen LogP contribution is 2.40. The quantitative estimate of drug-likeness (QED) is 0.787. The Morgan fingerprint density at radius 3 is 2.68 bits per heavy atom. The lowest BCUT2D eigenvalue weighted by Crippen LogP contribution is -2.25. The third-order valence-corrected chi connectivity index (χ3v) is 4.07. The lowest BCUT2D eigenvalue weighted by molar-refractivity contribution is -0.118. The number of hydrogen-bond acceptors (Lipinski definition) is 3. The van der Waals surface area contributed by atoms with Gasteiger partial charge in [-0.3, -0.25) is 4.79 Å². The molecule has 0 aliphatic carbocycles. The Labute approximate surface area is 118 Å².